The van der Waals surface area contributed by atoms with Crippen LogP contribution in [0.25, 0.3) is 0 Å². The average molecular weight is 319 g/mol. The van der Waals surface area contributed by atoms with E-state index in [4.69, 9.17) is 11.6 Å². The molecule has 0 saturated carbocycles. The van der Waals surface area contributed by atoms with Gasteiger partial charge in [-0.1, -0.05) is 41.9 Å². The van der Waals surface area contributed by atoms with Crippen molar-refractivity contribution in [3.05, 3.63) is 64.4 Å². The fourth-order valence-corrected chi connectivity index (χ4v) is 1.94. The molecule has 2 aromatic rings. The lowest BCUT2D eigenvalue weighted by molar-refractivity contribution is -0.275. The summed E-state index contributed by atoms with van der Waals surface area (Å²) >= 11 is 5.68. The van der Waals surface area contributed by atoms with Crippen LogP contribution in [0.1, 0.15) is 15.9 Å². The Morgan fingerprint density at radius 2 is 1.67 bits per heavy atom. The second-order valence-corrected chi connectivity index (χ2v) is 4.36. The lowest BCUT2D eigenvalue weighted by Gasteiger charge is -2.13. The molecule has 0 aliphatic carbocycles. The Labute approximate surface area is 121 Å². The smallest absolute Gasteiger partial charge is 0.401 e. The molecule has 0 heterocycles. The number of hydrogen-bond donors (Lipinski definition) is 0. The molecule has 0 aliphatic rings. The summed E-state index contributed by atoms with van der Waals surface area (Å²) < 4.78 is 53.6. The molecule has 2 nitrogen and oxygen atoms in total. The van der Waals surface area contributed by atoms with Gasteiger partial charge in [-0.3, -0.25) is 4.79 Å². The normalized spacial score (nSPS) is 11.3. The van der Waals surface area contributed by atoms with E-state index < -0.39 is 28.7 Å². The van der Waals surface area contributed by atoms with Crippen LogP contribution in [0.4, 0.5) is 17.6 Å². The van der Waals surface area contributed by atoms with Gasteiger partial charge in [-0.2, -0.15) is 0 Å². The van der Waals surface area contributed by atoms with Crippen molar-refractivity contribution in [3.8, 4) is 5.75 Å². The minimum absolute atomic E-state index is 0.212. The molecule has 0 aromatic heterocycles. The molecule has 21 heavy (non-hydrogen) atoms. The van der Waals surface area contributed by atoms with Crippen molar-refractivity contribution in [2.75, 3.05) is 0 Å². The van der Waals surface area contributed by atoms with Crippen LogP contribution in [0, 0.1) is 5.82 Å². The second kappa shape index (κ2) is 5.73. The van der Waals surface area contributed by atoms with Crippen LogP contribution in [0.3, 0.4) is 0 Å². The van der Waals surface area contributed by atoms with Gasteiger partial charge in [-0.05, 0) is 12.1 Å². The maximum absolute atomic E-state index is 13.4. The van der Waals surface area contributed by atoms with Crippen LogP contribution in [0.15, 0.2) is 42.5 Å². The predicted octanol–water partition coefficient (Wildman–Crippen LogP) is 4.61. The highest BCUT2D eigenvalue weighted by Gasteiger charge is 2.34. The first-order valence-electron chi connectivity index (χ1n) is 5.63. The minimum atomic E-state index is -5.11. The Hall–Kier alpha value is -2.08. The van der Waals surface area contributed by atoms with Gasteiger partial charge in [0.05, 0.1) is 5.02 Å². The first kappa shape index (κ1) is 15.3. The number of rotatable bonds is 3. The summed E-state index contributed by atoms with van der Waals surface area (Å²) in [6.45, 7) is 0. The van der Waals surface area contributed by atoms with Crippen molar-refractivity contribution < 1.29 is 27.1 Å². The summed E-state index contributed by atoms with van der Waals surface area (Å²) in [4.78, 5) is 12.2. The fraction of sp³-hybridized carbons (Fsp3) is 0.0714. The molecule has 2 rings (SSSR count). The van der Waals surface area contributed by atoms with E-state index in [1.165, 1.54) is 12.1 Å². The molecule has 0 spiro atoms. The van der Waals surface area contributed by atoms with Gasteiger partial charge < -0.3 is 4.74 Å². The zero-order valence-electron chi connectivity index (χ0n) is 10.2. The van der Waals surface area contributed by atoms with E-state index in [1.807, 2.05) is 0 Å². The van der Waals surface area contributed by atoms with E-state index >= 15 is 0 Å². The molecule has 0 radical (unpaired) electrons. The van der Waals surface area contributed by atoms with Crippen molar-refractivity contribution >= 4 is 17.4 Å². The van der Waals surface area contributed by atoms with Gasteiger partial charge in [-0.25, -0.2) is 4.39 Å². The van der Waals surface area contributed by atoms with Crippen LogP contribution >= 0.6 is 11.6 Å². The second-order valence-electron chi connectivity index (χ2n) is 3.98. The molecule has 110 valence electrons. The summed E-state index contributed by atoms with van der Waals surface area (Å²) in [5.74, 6) is -3.15. The molecule has 2 aromatic carbocycles. The van der Waals surface area contributed by atoms with E-state index in [0.29, 0.717) is 6.07 Å². The van der Waals surface area contributed by atoms with Crippen LogP contribution < -0.4 is 4.74 Å². The SMILES string of the molecule is O=C(c1ccccc1)c1ccc(F)c(OC(F)(F)F)c1Cl. The Bertz CT molecular complexity index is 669. The van der Waals surface area contributed by atoms with Crippen molar-refractivity contribution in [1.82, 2.24) is 0 Å². The molecule has 0 unspecified atom stereocenters. The third-order valence-corrected chi connectivity index (χ3v) is 2.92. The molecule has 0 N–H and O–H groups in total. The molecule has 0 saturated heterocycles. The maximum atomic E-state index is 13.4. The molecule has 0 bridgehead atoms. The van der Waals surface area contributed by atoms with Gasteiger partial charge in [0.1, 0.15) is 0 Å². The molecule has 0 atom stereocenters. The topological polar surface area (TPSA) is 26.3 Å². The van der Waals surface area contributed by atoms with Crippen LogP contribution in [0.2, 0.25) is 5.02 Å². The molecule has 0 amide bonds. The number of benzene rings is 2. The van der Waals surface area contributed by atoms with Gasteiger partial charge in [0.25, 0.3) is 0 Å². The molecular weight excluding hydrogens is 312 g/mol. The first-order chi connectivity index (χ1) is 9.79. The number of halogens is 5. The van der Waals surface area contributed by atoms with Gasteiger partial charge in [0.15, 0.2) is 17.3 Å². The number of carbonyl (C=O) groups excluding carboxylic acids is 1. The quantitative estimate of drug-likeness (QED) is 0.610. The van der Waals surface area contributed by atoms with Gasteiger partial charge in [-0.15, -0.1) is 13.2 Å². The predicted molar refractivity (Wildman–Crippen MR) is 68.0 cm³/mol. The molecule has 7 heteroatoms. The molecular formula is C14H7ClF4O2. The third-order valence-electron chi connectivity index (χ3n) is 2.55. The number of carbonyl (C=O) groups is 1. The van der Waals surface area contributed by atoms with Crippen molar-refractivity contribution in [2.24, 2.45) is 0 Å². The van der Waals surface area contributed by atoms with Crippen molar-refractivity contribution in [1.29, 1.82) is 0 Å². The van der Waals surface area contributed by atoms with Crippen LogP contribution in [-0.4, -0.2) is 12.1 Å². The Balaban J connectivity index is 2.47. The number of alkyl halides is 3. The monoisotopic (exact) mass is 318 g/mol. The van der Waals surface area contributed by atoms with E-state index in [0.717, 1.165) is 6.07 Å². The van der Waals surface area contributed by atoms with Crippen molar-refractivity contribution in [3.63, 3.8) is 0 Å². The molecule has 0 fully saturated rings. The third kappa shape index (κ3) is 3.52. The largest absolute Gasteiger partial charge is 0.573 e. The maximum Gasteiger partial charge on any atom is 0.573 e. The van der Waals surface area contributed by atoms with Gasteiger partial charge >= 0.3 is 6.36 Å². The lowest BCUT2D eigenvalue weighted by atomic mass is 10.0. The van der Waals surface area contributed by atoms with Gasteiger partial charge in [0.2, 0.25) is 0 Å². The number of ether oxygens (including phenoxy) is 1. The average Bonchev–Trinajstić information content (AvgIpc) is 2.43. The lowest BCUT2D eigenvalue weighted by Crippen LogP contribution is -2.19. The van der Waals surface area contributed by atoms with Crippen LogP contribution in [-0.2, 0) is 0 Å². The summed E-state index contributed by atoms with van der Waals surface area (Å²) in [6.07, 6.45) is -5.11. The van der Waals surface area contributed by atoms with E-state index in [-0.39, 0.29) is 11.1 Å². The standard InChI is InChI=1S/C14H7ClF4O2/c15-11-9(12(20)8-4-2-1-3-5-8)6-7-10(16)13(11)21-14(17,18)19/h1-7H. The number of hydrogen-bond acceptors (Lipinski definition) is 2. The highest BCUT2D eigenvalue weighted by molar-refractivity contribution is 6.36. The van der Waals surface area contributed by atoms with Gasteiger partial charge in [0, 0.05) is 11.1 Å². The van der Waals surface area contributed by atoms with E-state index in [2.05, 4.69) is 4.74 Å². The zero-order chi connectivity index (χ0) is 15.6. The van der Waals surface area contributed by atoms with Crippen molar-refractivity contribution in [2.45, 2.75) is 6.36 Å². The summed E-state index contributed by atoms with van der Waals surface area (Å²) in [7, 11) is 0. The van der Waals surface area contributed by atoms with E-state index in [1.54, 1.807) is 18.2 Å². The summed E-state index contributed by atoms with van der Waals surface area (Å²) in [5.41, 5.74) is -0.0625. The minimum Gasteiger partial charge on any atom is -0.401 e. The van der Waals surface area contributed by atoms with E-state index in [9.17, 15) is 22.4 Å². The number of ketones is 1. The zero-order valence-corrected chi connectivity index (χ0v) is 11.0. The Kier molecular flexibility index (Phi) is 4.18. The first-order valence-corrected chi connectivity index (χ1v) is 6.01. The highest BCUT2D eigenvalue weighted by atomic mass is 35.5. The summed E-state index contributed by atoms with van der Waals surface area (Å²) in [6, 6.07) is 9.47. The van der Waals surface area contributed by atoms with Crippen LogP contribution in [0.5, 0.6) is 5.75 Å². The fourth-order valence-electron chi connectivity index (χ4n) is 1.66. The highest BCUT2D eigenvalue weighted by Crippen LogP contribution is 2.36. The molecule has 0 aliphatic heterocycles. The summed E-state index contributed by atoms with van der Waals surface area (Å²) in [5, 5.41) is -0.721. The Morgan fingerprint density at radius 1 is 1.05 bits per heavy atom. The Morgan fingerprint density at radius 3 is 2.24 bits per heavy atom.